The quantitative estimate of drug-likeness (QED) is 0.627. The van der Waals surface area contributed by atoms with E-state index >= 15 is 0 Å². The summed E-state index contributed by atoms with van der Waals surface area (Å²) >= 11 is 0. The zero-order valence-corrected chi connectivity index (χ0v) is 7.26. The Bertz CT molecular complexity index is 95.4. The summed E-state index contributed by atoms with van der Waals surface area (Å²) in [6.45, 7) is 7.33. The van der Waals surface area contributed by atoms with Gasteiger partial charge in [-0.15, -0.1) is 0 Å². The second-order valence-electron chi connectivity index (χ2n) is 3.63. The first-order valence-electron chi connectivity index (χ1n) is 3.76. The summed E-state index contributed by atoms with van der Waals surface area (Å²) in [7, 11) is 0. The molecule has 2 atom stereocenters. The summed E-state index contributed by atoms with van der Waals surface area (Å²) < 4.78 is 0. The minimum absolute atomic E-state index is 0.421. The van der Waals surface area contributed by atoms with Crippen LogP contribution in [0.1, 0.15) is 34.1 Å². The van der Waals surface area contributed by atoms with E-state index < -0.39 is 11.7 Å². The van der Waals surface area contributed by atoms with Crippen LogP contribution in [-0.4, -0.2) is 21.9 Å². The van der Waals surface area contributed by atoms with E-state index in [1.807, 2.05) is 13.8 Å². The maximum absolute atomic E-state index is 9.51. The van der Waals surface area contributed by atoms with E-state index in [1.54, 1.807) is 13.8 Å². The van der Waals surface area contributed by atoms with Crippen molar-refractivity contribution in [2.24, 2.45) is 5.92 Å². The summed E-state index contributed by atoms with van der Waals surface area (Å²) in [4.78, 5) is 0. The Morgan fingerprint density at radius 2 is 1.70 bits per heavy atom. The Morgan fingerprint density at radius 3 is 1.80 bits per heavy atom. The number of hydrogen-bond acceptors (Lipinski definition) is 2. The zero-order chi connectivity index (χ0) is 8.36. The molecule has 0 radical (unpaired) electrons. The zero-order valence-electron chi connectivity index (χ0n) is 7.26. The average molecular weight is 146 g/mol. The molecule has 0 aliphatic carbocycles. The maximum atomic E-state index is 9.51. The molecule has 0 aromatic rings. The molecule has 0 bridgehead atoms. The molecule has 0 aromatic heterocycles. The third-order valence-electron chi connectivity index (χ3n) is 1.72. The van der Waals surface area contributed by atoms with Crippen LogP contribution in [0.3, 0.4) is 0 Å². The van der Waals surface area contributed by atoms with E-state index in [4.69, 9.17) is 5.11 Å². The number of hydrogen-bond donors (Lipinski definition) is 2. The highest BCUT2D eigenvalue weighted by Gasteiger charge is 2.27. The molecule has 0 fully saturated rings. The molecule has 0 rings (SSSR count). The predicted octanol–water partition coefficient (Wildman–Crippen LogP) is 1.16. The maximum Gasteiger partial charge on any atom is 0.0877 e. The molecule has 2 N–H and O–H groups in total. The summed E-state index contributed by atoms with van der Waals surface area (Å²) in [6, 6.07) is 0. The van der Waals surface area contributed by atoms with E-state index in [0.717, 1.165) is 0 Å². The van der Waals surface area contributed by atoms with Gasteiger partial charge in [0, 0.05) is 0 Å². The molecule has 0 aliphatic rings. The molecule has 0 saturated heterocycles. The molecule has 0 amide bonds. The van der Waals surface area contributed by atoms with Gasteiger partial charge in [0.1, 0.15) is 0 Å². The standard InChI is InChI=1S/C8H18O2/c1-6(2)5-8(4,10)7(3)9/h6-7,9-10H,5H2,1-4H3. The van der Waals surface area contributed by atoms with E-state index in [2.05, 4.69) is 0 Å². The van der Waals surface area contributed by atoms with Gasteiger partial charge in [-0.3, -0.25) is 0 Å². The molecule has 2 nitrogen and oxygen atoms in total. The Balaban J connectivity index is 3.87. The van der Waals surface area contributed by atoms with Gasteiger partial charge >= 0.3 is 0 Å². The van der Waals surface area contributed by atoms with Crippen molar-refractivity contribution in [3.63, 3.8) is 0 Å². The third kappa shape index (κ3) is 3.18. The highest BCUT2D eigenvalue weighted by molar-refractivity contribution is 4.79. The molecule has 0 saturated carbocycles. The molecule has 10 heavy (non-hydrogen) atoms. The van der Waals surface area contributed by atoms with Gasteiger partial charge in [0.25, 0.3) is 0 Å². The first-order chi connectivity index (χ1) is 4.36. The Hall–Kier alpha value is -0.0800. The van der Waals surface area contributed by atoms with Crippen LogP contribution in [-0.2, 0) is 0 Å². The lowest BCUT2D eigenvalue weighted by Crippen LogP contribution is -2.38. The average Bonchev–Trinajstić information content (AvgIpc) is 1.60. The second kappa shape index (κ2) is 3.35. The van der Waals surface area contributed by atoms with Gasteiger partial charge in [-0.25, -0.2) is 0 Å². The molecule has 0 aliphatic heterocycles. The number of rotatable bonds is 3. The highest BCUT2D eigenvalue weighted by Crippen LogP contribution is 2.19. The third-order valence-corrected chi connectivity index (χ3v) is 1.72. The molecule has 0 heterocycles. The van der Waals surface area contributed by atoms with Crippen LogP contribution in [0.25, 0.3) is 0 Å². The Labute approximate surface area is 62.9 Å². The van der Waals surface area contributed by atoms with Crippen LogP contribution in [0, 0.1) is 5.92 Å². The molecule has 2 heteroatoms. The molecule has 62 valence electrons. The van der Waals surface area contributed by atoms with Gasteiger partial charge in [0.15, 0.2) is 0 Å². The van der Waals surface area contributed by atoms with Crippen LogP contribution >= 0.6 is 0 Å². The van der Waals surface area contributed by atoms with Crippen molar-refractivity contribution in [2.45, 2.75) is 45.8 Å². The molecule has 0 spiro atoms. The van der Waals surface area contributed by atoms with Gasteiger partial charge in [-0.2, -0.15) is 0 Å². The Kier molecular flexibility index (Phi) is 3.33. The van der Waals surface area contributed by atoms with Gasteiger partial charge in [0.2, 0.25) is 0 Å². The lowest BCUT2D eigenvalue weighted by atomic mass is 9.90. The van der Waals surface area contributed by atoms with Gasteiger partial charge in [0.05, 0.1) is 11.7 Å². The highest BCUT2D eigenvalue weighted by atomic mass is 16.3. The summed E-state index contributed by atoms with van der Waals surface area (Å²) in [5.41, 5.74) is -0.922. The van der Waals surface area contributed by atoms with Crippen molar-refractivity contribution in [2.75, 3.05) is 0 Å². The monoisotopic (exact) mass is 146 g/mol. The second-order valence-corrected chi connectivity index (χ2v) is 3.63. The molecule has 0 aromatic carbocycles. The van der Waals surface area contributed by atoms with Crippen molar-refractivity contribution < 1.29 is 10.2 Å². The van der Waals surface area contributed by atoms with Gasteiger partial charge in [-0.1, -0.05) is 13.8 Å². The van der Waals surface area contributed by atoms with Gasteiger partial charge in [-0.05, 0) is 26.2 Å². The first-order valence-corrected chi connectivity index (χ1v) is 3.76. The van der Waals surface area contributed by atoms with Crippen LogP contribution in [0.2, 0.25) is 0 Å². The number of aliphatic hydroxyl groups excluding tert-OH is 1. The minimum Gasteiger partial charge on any atom is -0.390 e. The van der Waals surface area contributed by atoms with E-state index in [-0.39, 0.29) is 0 Å². The normalized spacial score (nSPS) is 20.7. The fourth-order valence-corrected chi connectivity index (χ4v) is 0.997. The van der Waals surface area contributed by atoms with Crippen LogP contribution in [0.4, 0.5) is 0 Å². The summed E-state index contributed by atoms with van der Waals surface area (Å²) in [5, 5.41) is 18.6. The van der Waals surface area contributed by atoms with Crippen molar-refractivity contribution in [1.82, 2.24) is 0 Å². The number of aliphatic hydroxyl groups is 2. The SMILES string of the molecule is CC(C)CC(C)(O)C(C)O. The van der Waals surface area contributed by atoms with Crippen LogP contribution < -0.4 is 0 Å². The molecule has 2 unspecified atom stereocenters. The molecular weight excluding hydrogens is 128 g/mol. The Morgan fingerprint density at radius 1 is 1.30 bits per heavy atom. The van der Waals surface area contributed by atoms with Crippen molar-refractivity contribution >= 4 is 0 Å². The lowest BCUT2D eigenvalue weighted by Gasteiger charge is -2.28. The van der Waals surface area contributed by atoms with Crippen molar-refractivity contribution in [3.8, 4) is 0 Å². The van der Waals surface area contributed by atoms with Gasteiger partial charge < -0.3 is 10.2 Å². The topological polar surface area (TPSA) is 40.5 Å². The van der Waals surface area contributed by atoms with E-state index in [0.29, 0.717) is 12.3 Å². The van der Waals surface area contributed by atoms with Crippen molar-refractivity contribution in [1.29, 1.82) is 0 Å². The summed E-state index contributed by atoms with van der Waals surface area (Å²) in [5.74, 6) is 0.421. The summed E-state index contributed by atoms with van der Waals surface area (Å²) in [6.07, 6.45) is -0.0000926. The predicted molar refractivity (Wildman–Crippen MR) is 41.8 cm³/mol. The minimum atomic E-state index is -0.922. The van der Waals surface area contributed by atoms with Crippen LogP contribution in [0.5, 0.6) is 0 Å². The largest absolute Gasteiger partial charge is 0.390 e. The fourth-order valence-electron chi connectivity index (χ4n) is 0.997. The lowest BCUT2D eigenvalue weighted by molar-refractivity contribution is -0.0646. The van der Waals surface area contributed by atoms with Crippen LogP contribution in [0.15, 0.2) is 0 Å². The van der Waals surface area contributed by atoms with E-state index in [9.17, 15) is 5.11 Å². The van der Waals surface area contributed by atoms with E-state index in [1.165, 1.54) is 0 Å². The first kappa shape index (κ1) is 9.92. The fraction of sp³-hybridized carbons (Fsp3) is 1.00. The molecular formula is C8H18O2. The van der Waals surface area contributed by atoms with Crippen molar-refractivity contribution in [3.05, 3.63) is 0 Å². The smallest absolute Gasteiger partial charge is 0.0877 e.